The highest BCUT2D eigenvalue weighted by atomic mass is 19.1. The van der Waals surface area contributed by atoms with E-state index < -0.39 is 5.82 Å². The number of hydrogen-bond acceptors (Lipinski definition) is 5. The Labute approximate surface area is 247 Å². The molecule has 2 aromatic carbocycles. The Morgan fingerprint density at radius 3 is 2.50 bits per heavy atom. The first-order valence-electron chi connectivity index (χ1n) is 15.3. The number of hydrogen-bond donors (Lipinski definition) is 1. The molecule has 5 rings (SSSR count). The maximum absolute atomic E-state index is 14.5. The SMILES string of the molecule is CN[C@@H](C)C(=O)C[C@H](C(=O)N1C[C@@H](Oc2ccccc2)C[C@H]1Cn1cc(C(C)=O)c2cc(F)ccc21)C1CCCCC1. The monoisotopic (exact) mass is 575 g/mol. The summed E-state index contributed by atoms with van der Waals surface area (Å²) in [5, 5.41) is 3.61. The molecule has 2 heterocycles. The van der Waals surface area contributed by atoms with Gasteiger partial charge in [0.15, 0.2) is 5.78 Å². The highest BCUT2D eigenvalue weighted by molar-refractivity contribution is 6.07. The number of benzene rings is 2. The number of ketones is 2. The maximum Gasteiger partial charge on any atom is 0.226 e. The van der Waals surface area contributed by atoms with Gasteiger partial charge in [-0.05, 0) is 70.0 Å². The lowest BCUT2D eigenvalue weighted by molar-refractivity contribution is -0.142. The molecule has 4 atom stereocenters. The number of Topliss-reactive ketones (excluding diaryl/α,β-unsaturated/α-hetero) is 2. The fourth-order valence-electron chi connectivity index (χ4n) is 6.78. The molecule has 0 spiro atoms. The van der Waals surface area contributed by atoms with E-state index in [-0.39, 0.29) is 53.9 Å². The zero-order chi connectivity index (χ0) is 29.8. The summed E-state index contributed by atoms with van der Waals surface area (Å²) in [5.74, 6) is 0.0774. The summed E-state index contributed by atoms with van der Waals surface area (Å²) in [6, 6.07) is 13.6. The van der Waals surface area contributed by atoms with Crippen LogP contribution in [0.2, 0.25) is 0 Å². The fraction of sp³-hybridized carbons (Fsp3) is 0.500. The van der Waals surface area contributed by atoms with Gasteiger partial charge in [0.25, 0.3) is 0 Å². The Morgan fingerprint density at radius 2 is 1.81 bits per heavy atom. The van der Waals surface area contributed by atoms with Crippen LogP contribution < -0.4 is 10.1 Å². The lowest BCUT2D eigenvalue weighted by Crippen LogP contribution is -2.46. The first-order chi connectivity index (χ1) is 20.2. The molecular weight excluding hydrogens is 533 g/mol. The van der Waals surface area contributed by atoms with Gasteiger partial charge in [0, 0.05) is 48.0 Å². The predicted octanol–water partition coefficient (Wildman–Crippen LogP) is 5.80. The van der Waals surface area contributed by atoms with Gasteiger partial charge >= 0.3 is 0 Å². The van der Waals surface area contributed by atoms with Gasteiger partial charge in [-0.1, -0.05) is 37.5 Å². The van der Waals surface area contributed by atoms with Gasteiger partial charge in [0.1, 0.15) is 23.5 Å². The molecule has 2 aliphatic rings. The van der Waals surface area contributed by atoms with E-state index in [1.54, 1.807) is 19.3 Å². The lowest BCUT2D eigenvalue weighted by atomic mass is 9.76. The number of nitrogens with zero attached hydrogens (tertiary/aromatic N) is 2. The van der Waals surface area contributed by atoms with E-state index >= 15 is 0 Å². The van der Waals surface area contributed by atoms with E-state index in [2.05, 4.69) is 5.32 Å². The number of halogens is 1. The summed E-state index contributed by atoms with van der Waals surface area (Å²) >= 11 is 0. The largest absolute Gasteiger partial charge is 0.489 e. The summed E-state index contributed by atoms with van der Waals surface area (Å²) < 4.78 is 22.5. The standard InChI is InChI=1S/C34H42FN3O4/c1-22(36-3)33(40)18-29(24-10-6-4-7-11-24)34(41)38-20-28(42-27-12-8-5-9-13-27)17-26(38)19-37-21-31(23(2)39)30-16-25(35)14-15-32(30)37/h5,8-9,12-16,21-22,24,26,28-29,36H,4,6-7,10-11,17-20H2,1-3H3/t22-,26-,28-,29-/m0/s1. The van der Waals surface area contributed by atoms with Crippen molar-refractivity contribution in [3.8, 4) is 5.75 Å². The molecule has 1 aliphatic carbocycles. The number of carbonyl (C=O) groups is 3. The molecule has 1 aromatic heterocycles. The minimum absolute atomic E-state index is 0.0111. The first kappa shape index (κ1) is 30.0. The summed E-state index contributed by atoms with van der Waals surface area (Å²) in [6.07, 6.45) is 7.61. The minimum Gasteiger partial charge on any atom is -0.489 e. The molecule has 1 saturated heterocycles. The highest BCUT2D eigenvalue weighted by Gasteiger charge is 2.42. The van der Waals surface area contributed by atoms with E-state index in [4.69, 9.17) is 4.74 Å². The number of para-hydroxylation sites is 1. The molecule has 1 aliphatic heterocycles. The third kappa shape index (κ3) is 6.59. The number of carbonyl (C=O) groups excluding carboxylic acids is 3. The van der Waals surface area contributed by atoms with Gasteiger partial charge in [0.05, 0.1) is 18.6 Å². The zero-order valence-electron chi connectivity index (χ0n) is 24.9. The second-order valence-corrected chi connectivity index (χ2v) is 12.0. The van der Waals surface area contributed by atoms with Crippen molar-refractivity contribution in [3.05, 3.63) is 66.1 Å². The number of likely N-dealkylation sites (tertiary alicyclic amines) is 1. The van der Waals surface area contributed by atoms with Crippen molar-refractivity contribution in [2.24, 2.45) is 11.8 Å². The highest BCUT2D eigenvalue weighted by Crippen LogP contribution is 2.36. The third-order valence-corrected chi connectivity index (χ3v) is 9.21. The molecule has 224 valence electrons. The molecule has 0 unspecified atom stereocenters. The lowest BCUT2D eigenvalue weighted by Gasteiger charge is -2.35. The van der Waals surface area contributed by atoms with Crippen LogP contribution in [0.25, 0.3) is 10.9 Å². The number of fused-ring (bicyclic) bond motifs is 1. The summed E-state index contributed by atoms with van der Waals surface area (Å²) in [6.45, 7) is 4.19. The molecule has 2 fully saturated rings. The Bertz CT molecular complexity index is 1410. The smallest absolute Gasteiger partial charge is 0.226 e. The molecule has 42 heavy (non-hydrogen) atoms. The number of ether oxygens (including phenoxy) is 1. The van der Waals surface area contributed by atoms with E-state index in [9.17, 15) is 18.8 Å². The number of rotatable bonds is 11. The Hall–Kier alpha value is -3.52. The zero-order valence-corrected chi connectivity index (χ0v) is 24.9. The molecule has 3 aromatic rings. The van der Waals surface area contributed by atoms with Crippen LogP contribution in [0.15, 0.2) is 54.7 Å². The summed E-state index contributed by atoms with van der Waals surface area (Å²) in [5.41, 5.74) is 1.22. The van der Waals surface area contributed by atoms with E-state index in [0.717, 1.165) is 43.4 Å². The second kappa shape index (κ2) is 13.2. The molecule has 7 nitrogen and oxygen atoms in total. The van der Waals surface area contributed by atoms with Crippen LogP contribution in [-0.4, -0.2) is 58.7 Å². The predicted molar refractivity (Wildman–Crippen MR) is 161 cm³/mol. The quantitative estimate of drug-likeness (QED) is 0.293. The number of likely N-dealkylation sites (N-methyl/N-ethyl adjacent to an activating group) is 1. The molecule has 1 amide bonds. The Balaban J connectivity index is 1.47. The average molecular weight is 576 g/mol. The van der Waals surface area contributed by atoms with E-state index in [0.29, 0.717) is 30.5 Å². The van der Waals surface area contributed by atoms with Crippen LogP contribution in [0.1, 0.15) is 69.2 Å². The van der Waals surface area contributed by atoms with E-state index in [1.165, 1.54) is 19.1 Å². The van der Waals surface area contributed by atoms with Gasteiger partial charge < -0.3 is 19.5 Å². The van der Waals surface area contributed by atoms with Gasteiger partial charge in [-0.15, -0.1) is 0 Å². The molecule has 8 heteroatoms. The third-order valence-electron chi connectivity index (χ3n) is 9.21. The van der Waals surface area contributed by atoms with Crippen LogP contribution in [0.5, 0.6) is 5.75 Å². The van der Waals surface area contributed by atoms with Crippen molar-refractivity contribution in [2.45, 2.75) is 83.5 Å². The van der Waals surface area contributed by atoms with Crippen LogP contribution in [-0.2, 0) is 16.1 Å². The fourth-order valence-corrected chi connectivity index (χ4v) is 6.78. The van der Waals surface area contributed by atoms with Crippen LogP contribution in [0, 0.1) is 17.7 Å². The van der Waals surface area contributed by atoms with Crippen molar-refractivity contribution in [1.29, 1.82) is 0 Å². The first-order valence-corrected chi connectivity index (χ1v) is 15.3. The second-order valence-electron chi connectivity index (χ2n) is 12.0. The van der Waals surface area contributed by atoms with Crippen molar-refractivity contribution in [2.75, 3.05) is 13.6 Å². The molecule has 1 saturated carbocycles. The molecule has 0 bridgehead atoms. The summed E-state index contributed by atoms with van der Waals surface area (Å²) in [4.78, 5) is 42.0. The van der Waals surface area contributed by atoms with Gasteiger partial charge in [0.2, 0.25) is 5.91 Å². The number of aromatic nitrogens is 1. The van der Waals surface area contributed by atoms with Crippen molar-refractivity contribution in [3.63, 3.8) is 0 Å². The molecule has 0 radical (unpaired) electrons. The van der Waals surface area contributed by atoms with E-state index in [1.807, 2.05) is 46.7 Å². The molecule has 1 N–H and O–H groups in total. The van der Waals surface area contributed by atoms with Crippen LogP contribution >= 0.6 is 0 Å². The minimum atomic E-state index is -0.396. The molecular formula is C34H42FN3O4. The Morgan fingerprint density at radius 1 is 1.07 bits per heavy atom. The van der Waals surface area contributed by atoms with Gasteiger partial charge in [-0.2, -0.15) is 0 Å². The van der Waals surface area contributed by atoms with Crippen molar-refractivity contribution >= 4 is 28.4 Å². The average Bonchev–Trinajstić information content (AvgIpc) is 3.56. The van der Waals surface area contributed by atoms with Crippen LogP contribution in [0.3, 0.4) is 0 Å². The van der Waals surface area contributed by atoms with Crippen LogP contribution in [0.4, 0.5) is 4.39 Å². The van der Waals surface area contributed by atoms with Gasteiger partial charge in [-0.3, -0.25) is 14.4 Å². The van der Waals surface area contributed by atoms with Crippen molar-refractivity contribution < 1.29 is 23.5 Å². The summed E-state index contributed by atoms with van der Waals surface area (Å²) in [7, 11) is 1.77. The normalized spacial score (nSPS) is 20.9. The topological polar surface area (TPSA) is 80.6 Å². The van der Waals surface area contributed by atoms with Crippen molar-refractivity contribution in [1.82, 2.24) is 14.8 Å². The Kier molecular flexibility index (Phi) is 9.41. The van der Waals surface area contributed by atoms with Gasteiger partial charge in [-0.25, -0.2) is 4.39 Å². The number of nitrogens with one attached hydrogen (secondary N) is 1. The number of amides is 1. The maximum atomic E-state index is 14.5.